The summed E-state index contributed by atoms with van der Waals surface area (Å²) in [6.45, 7) is -0.368. The Morgan fingerprint density at radius 2 is 1.76 bits per heavy atom. The molecule has 7 nitrogen and oxygen atoms in total. The summed E-state index contributed by atoms with van der Waals surface area (Å²) in [6.07, 6.45) is 0.0612. The predicted molar refractivity (Wildman–Crippen MR) is 90.5 cm³/mol. The molecule has 0 saturated heterocycles. The van der Waals surface area contributed by atoms with E-state index in [4.69, 9.17) is 10.5 Å². The van der Waals surface area contributed by atoms with E-state index in [0.29, 0.717) is 16.5 Å². The highest BCUT2D eigenvalue weighted by Gasteiger charge is 2.22. The molecule has 0 saturated carbocycles. The molecule has 1 amide bonds. The zero-order valence-corrected chi connectivity index (χ0v) is 13.2. The molecule has 0 aliphatic carbocycles. The number of nitrogens with zero attached hydrogens (tertiary/aromatic N) is 2. The van der Waals surface area contributed by atoms with E-state index in [1.165, 1.54) is 6.33 Å². The number of benzene rings is 2. The average molecular weight is 337 g/mol. The molecule has 0 aliphatic rings. The average Bonchev–Trinajstić information content (AvgIpc) is 2.63. The van der Waals surface area contributed by atoms with Gasteiger partial charge in [0, 0.05) is 5.56 Å². The number of fused-ring (bicyclic) bond motifs is 1. The number of hydrogen-bond acceptors (Lipinski definition) is 5. The molecule has 3 aromatic rings. The first-order chi connectivity index (χ1) is 12.1. The molecular formula is C18H15N3O4. The number of hydrogen-bond donors (Lipinski definition) is 1. The predicted octanol–water partition coefficient (Wildman–Crippen LogP) is 1.17. The van der Waals surface area contributed by atoms with Gasteiger partial charge in [-0.25, -0.2) is 4.98 Å². The van der Waals surface area contributed by atoms with Crippen molar-refractivity contribution in [3.63, 3.8) is 0 Å². The van der Waals surface area contributed by atoms with Crippen LogP contribution < -0.4 is 11.3 Å². The van der Waals surface area contributed by atoms with Gasteiger partial charge in [-0.15, -0.1) is 0 Å². The van der Waals surface area contributed by atoms with E-state index in [2.05, 4.69) is 4.98 Å². The van der Waals surface area contributed by atoms with E-state index >= 15 is 0 Å². The van der Waals surface area contributed by atoms with Crippen LogP contribution in [0.25, 0.3) is 10.9 Å². The third kappa shape index (κ3) is 3.55. The minimum atomic E-state index is -1.21. The van der Waals surface area contributed by atoms with Gasteiger partial charge in [-0.3, -0.25) is 19.0 Å². The molecule has 7 heteroatoms. The molecule has 1 heterocycles. The first kappa shape index (κ1) is 16.4. The van der Waals surface area contributed by atoms with Gasteiger partial charge in [-0.05, 0) is 12.1 Å². The van der Waals surface area contributed by atoms with Crippen molar-refractivity contribution in [3.8, 4) is 0 Å². The van der Waals surface area contributed by atoms with Crippen LogP contribution in [0.5, 0.6) is 0 Å². The standard InChI is InChI=1S/C18H15N3O4/c19-17(23)16(12-6-2-1-3-7-12)25-15(22)10-21-11-20-14-9-5-4-8-13(14)18(21)24/h1-9,11,16H,10H2,(H2,19,23). The fourth-order valence-electron chi connectivity index (χ4n) is 2.44. The van der Waals surface area contributed by atoms with Crippen molar-refractivity contribution in [1.82, 2.24) is 9.55 Å². The summed E-state index contributed by atoms with van der Waals surface area (Å²) in [6, 6.07) is 15.3. The SMILES string of the molecule is NC(=O)C(OC(=O)Cn1cnc2ccccc2c1=O)c1ccccc1. The van der Waals surface area contributed by atoms with Crippen molar-refractivity contribution in [1.29, 1.82) is 0 Å². The lowest BCUT2D eigenvalue weighted by Crippen LogP contribution is -2.30. The number of primary amides is 1. The Labute approximate surface area is 142 Å². The fourth-order valence-corrected chi connectivity index (χ4v) is 2.44. The van der Waals surface area contributed by atoms with Crippen molar-refractivity contribution in [2.24, 2.45) is 5.73 Å². The third-order valence-electron chi connectivity index (χ3n) is 3.64. The summed E-state index contributed by atoms with van der Waals surface area (Å²) in [5.41, 5.74) is 5.96. The number of carbonyl (C=O) groups is 2. The molecule has 0 radical (unpaired) electrons. The number of ether oxygens (including phenoxy) is 1. The van der Waals surface area contributed by atoms with Gasteiger partial charge < -0.3 is 10.5 Å². The summed E-state index contributed by atoms with van der Waals surface area (Å²) in [5, 5.41) is 0.396. The molecular weight excluding hydrogens is 322 g/mol. The quantitative estimate of drug-likeness (QED) is 0.704. The van der Waals surface area contributed by atoms with Crippen LogP contribution >= 0.6 is 0 Å². The van der Waals surface area contributed by atoms with Gasteiger partial charge in [0.2, 0.25) is 6.10 Å². The van der Waals surface area contributed by atoms with Crippen LogP contribution in [-0.4, -0.2) is 21.4 Å². The van der Waals surface area contributed by atoms with Gasteiger partial charge >= 0.3 is 5.97 Å². The molecule has 0 bridgehead atoms. The van der Waals surface area contributed by atoms with Crippen molar-refractivity contribution in [2.75, 3.05) is 0 Å². The fraction of sp³-hybridized carbons (Fsp3) is 0.111. The Morgan fingerprint density at radius 3 is 2.48 bits per heavy atom. The molecule has 0 aliphatic heterocycles. The first-order valence-electron chi connectivity index (χ1n) is 7.54. The zero-order chi connectivity index (χ0) is 17.8. The van der Waals surface area contributed by atoms with Crippen LogP contribution in [0.15, 0.2) is 65.7 Å². The number of aromatic nitrogens is 2. The van der Waals surface area contributed by atoms with Crippen molar-refractivity contribution >= 4 is 22.8 Å². The molecule has 3 rings (SSSR count). The maximum atomic E-state index is 12.4. The highest BCUT2D eigenvalue weighted by molar-refractivity contribution is 5.83. The van der Waals surface area contributed by atoms with Crippen LogP contribution in [0.4, 0.5) is 0 Å². The number of nitrogens with two attached hydrogens (primary N) is 1. The smallest absolute Gasteiger partial charge is 0.327 e. The zero-order valence-electron chi connectivity index (χ0n) is 13.2. The molecule has 0 spiro atoms. The molecule has 1 aromatic heterocycles. The Hall–Kier alpha value is -3.48. The number of rotatable bonds is 5. The van der Waals surface area contributed by atoms with Crippen molar-refractivity contribution in [3.05, 3.63) is 76.8 Å². The second-order valence-corrected chi connectivity index (χ2v) is 5.38. The topological polar surface area (TPSA) is 104 Å². The number of amides is 1. The normalized spacial score (nSPS) is 11.8. The van der Waals surface area contributed by atoms with Crippen LogP contribution in [0.3, 0.4) is 0 Å². The number of esters is 1. The lowest BCUT2D eigenvalue weighted by molar-refractivity contribution is -0.156. The van der Waals surface area contributed by atoms with Crippen LogP contribution in [0, 0.1) is 0 Å². The monoisotopic (exact) mass is 337 g/mol. The molecule has 0 fully saturated rings. The minimum absolute atomic E-state index is 0.363. The Morgan fingerprint density at radius 1 is 1.08 bits per heavy atom. The highest BCUT2D eigenvalue weighted by Crippen LogP contribution is 2.17. The molecule has 2 aromatic carbocycles. The third-order valence-corrected chi connectivity index (χ3v) is 3.64. The van der Waals surface area contributed by atoms with E-state index in [-0.39, 0.29) is 12.1 Å². The van der Waals surface area contributed by atoms with Gasteiger partial charge in [0.1, 0.15) is 6.54 Å². The molecule has 1 unspecified atom stereocenters. The number of carbonyl (C=O) groups excluding carboxylic acids is 2. The van der Waals surface area contributed by atoms with E-state index in [1.54, 1.807) is 54.6 Å². The Kier molecular flexibility index (Phi) is 4.56. The summed E-state index contributed by atoms with van der Waals surface area (Å²) >= 11 is 0. The second kappa shape index (κ2) is 6.96. The minimum Gasteiger partial charge on any atom is -0.446 e. The Balaban J connectivity index is 1.81. The van der Waals surface area contributed by atoms with Crippen LogP contribution in [-0.2, 0) is 20.9 Å². The van der Waals surface area contributed by atoms with Gasteiger partial charge in [0.25, 0.3) is 11.5 Å². The molecule has 2 N–H and O–H groups in total. The van der Waals surface area contributed by atoms with Crippen LogP contribution in [0.2, 0.25) is 0 Å². The molecule has 25 heavy (non-hydrogen) atoms. The van der Waals surface area contributed by atoms with E-state index in [9.17, 15) is 14.4 Å². The Bertz CT molecular complexity index is 982. The van der Waals surface area contributed by atoms with Gasteiger partial charge in [0.05, 0.1) is 17.2 Å². The summed E-state index contributed by atoms with van der Waals surface area (Å²) in [4.78, 5) is 40.3. The summed E-state index contributed by atoms with van der Waals surface area (Å²) in [5.74, 6) is -1.55. The van der Waals surface area contributed by atoms with E-state index < -0.39 is 18.0 Å². The summed E-state index contributed by atoms with van der Waals surface area (Å²) < 4.78 is 6.30. The highest BCUT2D eigenvalue weighted by atomic mass is 16.5. The first-order valence-corrected chi connectivity index (χ1v) is 7.54. The maximum Gasteiger partial charge on any atom is 0.327 e. The van der Waals surface area contributed by atoms with Crippen LogP contribution in [0.1, 0.15) is 11.7 Å². The number of para-hydroxylation sites is 1. The van der Waals surface area contributed by atoms with Crippen molar-refractivity contribution < 1.29 is 14.3 Å². The molecule has 126 valence electrons. The summed E-state index contributed by atoms with van der Waals surface area (Å²) in [7, 11) is 0. The van der Waals surface area contributed by atoms with E-state index in [1.807, 2.05) is 0 Å². The lowest BCUT2D eigenvalue weighted by Gasteiger charge is -2.15. The van der Waals surface area contributed by atoms with E-state index in [0.717, 1.165) is 4.57 Å². The van der Waals surface area contributed by atoms with Gasteiger partial charge in [-0.1, -0.05) is 42.5 Å². The van der Waals surface area contributed by atoms with Gasteiger partial charge in [-0.2, -0.15) is 0 Å². The van der Waals surface area contributed by atoms with Crippen molar-refractivity contribution in [2.45, 2.75) is 12.6 Å². The second-order valence-electron chi connectivity index (χ2n) is 5.38. The maximum absolute atomic E-state index is 12.4. The lowest BCUT2D eigenvalue weighted by atomic mass is 10.1. The van der Waals surface area contributed by atoms with Gasteiger partial charge in [0.15, 0.2) is 0 Å². The molecule has 1 atom stereocenters. The largest absolute Gasteiger partial charge is 0.446 e.